The molecule has 0 radical (unpaired) electrons. The maximum absolute atomic E-state index is 10.8. The van der Waals surface area contributed by atoms with E-state index in [2.05, 4.69) is 168 Å². The molecule has 262 valence electrons. The normalized spacial score (nSPS) is 12.4. The zero-order valence-electron chi connectivity index (χ0n) is 30.8. The number of benzene rings is 9. The molecule has 0 amide bonds. The van der Waals surface area contributed by atoms with Crippen molar-refractivity contribution in [2.75, 3.05) is 9.80 Å². The van der Waals surface area contributed by atoms with Crippen LogP contribution in [0.1, 0.15) is 11.1 Å². The molecule has 0 N–H and O–H groups in total. The molecule has 5 heteroatoms. The third-order valence-corrected chi connectivity index (χ3v) is 11.6. The van der Waals surface area contributed by atoms with Gasteiger partial charge in [0.15, 0.2) is 0 Å². The molecule has 0 spiro atoms. The molecule has 0 aromatic heterocycles. The van der Waals surface area contributed by atoms with Crippen molar-refractivity contribution in [2.24, 2.45) is 0 Å². The van der Waals surface area contributed by atoms with Crippen molar-refractivity contribution in [1.29, 1.82) is 10.5 Å². The summed E-state index contributed by atoms with van der Waals surface area (Å²) >= 11 is 0. The topological polar surface area (TPSA) is 54.1 Å². The standard InChI is InChI=1S/C52H31BN4/c54-32-41-24-39(34-14-4-1-5-15-34)25-42(33-55)51(41)40-30-49-52-50(31-40)57(44-22-8-3-9-23-44)48-29-38-19-13-11-17-36(38)27-46(48)53(52)45-26-35-16-10-12-18-37(35)28-47(45)56(49)43-20-6-2-7-21-43/h1-31H. The van der Waals surface area contributed by atoms with Crippen LogP contribution in [0, 0.1) is 22.7 Å². The van der Waals surface area contributed by atoms with Gasteiger partial charge in [-0.2, -0.15) is 10.5 Å². The zero-order chi connectivity index (χ0) is 38.0. The Morgan fingerprint density at radius 2 is 0.772 bits per heavy atom. The van der Waals surface area contributed by atoms with Gasteiger partial charge < -0.3 is 9.80 Å². The number of nitriles is 2. The Balaban J connectivity index is 1.29. The fourth-order valence-electron chi connectivity index (χ4n) is 9.15. The van der Waals surface area contributed by atoms with Gasteiger partial charge in [0.2, 0.25) is 0 Å². The SMILES string of the molecule is N#Cc1cc(-c2ccccc2)cc(C#N)c1-c1cc2c3c(c1)N(c1ccccc1)c1cc4ccccc4cc1B3c1cc3ccccc3cc1N2c1ccccc1. The van der Waals surface area contributed by atoms with Crippen LogP contribution in [-0.2, 0) is 0 Å². The van der Waals surface area contributed by atoms with Crippen LogP contribution in [0.5, 0.6) is 0 Å². The molecule has 2 aliphatic rings. The Hall–Kier alpha value is -7.86. The lowest BCUT2D eigenvalue weighted by Gasteiger charge is -2.44. The number of para-hydroxylation sites is 2. The quantitative estimate of drug-likeness (QED) is 0.170. The van der Waals surface area contributed by atoms with Crippen molar-refractivity contribution in [3.8, 4) is 34.4 Å². The molecule has 0 saturated carbocycles. The summed E-state index contributed by atoms with van der Waals surface area (Å²) in [6.45, 7) is -0.102. The van der Waals surface area contributed by atoms with Crippen LogP contribution in [0.25, 0.3) is 43.8 Å². The van der Waals surface area contributed by atoms with E-state index < -0.39 is 0 Å². The largest absolute Gasteiger partial charge is 0.311 e. The van der Waals surface area contributed by atoms with Crippen molar-refractivity contribution in [1.82, 2.24) is 0 Å². The molecule has 9 aromatic carbocycles. The molecule has 0 fully saturated rings. The molecule has 0 aliphatic carbocycles. The van der Waals surface area contributed by atoms with Gasteiger partial charge in [-0.15, -0.1) is 0 Å². The molecule has 2 aliphatic heterocycles. The second-order valence-electron chi connectivity index (χ2n) is 14.8. The number of hydrogen-bond acceptors (Lipinski definition) is 4. The van der Waals surface area contributed by atoms with Gasteiger partial charge in [0.1, 0.15) is 0 Å². The Bertz CT molecular complexity index is 2980. The van der Waals surface area contributed by atoms with Crippen LogP contribution in [0.4, 0.5) is 34.1 Å². The fraction of sp³-hybridized carbons (Fsp3) is 0. The van der Waals surface area contributed by atoms with E-state index in [1.54, 1.807) is 0 Å². The average molecular weight is 723 g/mol. The van der Waals surface area contributed by atoms with Gasteiger partial charge in [0.05, 0.1) is 23.3 Å². The van der Waals surface area contributed by atoms with Crippen LogP contribution >= 0.6 is 0 Å². The Morgan fingerprint density at radius 1 is 0.368 bits per heavy atom. The van der Waals surface area contributed by atoms with E-state index >= 15 is 0 Å². The molecule has 57 heavy (non-hydrogen) atoms. The van der Waals surface area contributed by atoms with E-state index in [1.807, 2.05) is 42.5 Å². The van der Waals surface area contributed by atoms with Gasteiger partial charge in [-0.1, -0.05) is 127 Å². The highest BCUT2D eigenvalue weighted by atomic mass is 15.2. The Labute approximate surface area is 331 Å². The van der Waals surface area contributed by atoms with E-state index in [1.165, 1.54) is 27.2 Å². The third kappa shape index (κ3) is 5.07. The lowest BCUT2D eigenvalue weighted by Crippen LogP contribution is -2.61. The lowest BCUT2D eigenvalue weighted by molar-refractivity contribution is 1.26. The molecular formula is C52H31BN4. The first-order chi connectivity index (χ1) is 28.2. The summed E-state index contributed by atoms with van der Waals surface area (Å²) in [6, 6.07) is 70.9. The molecule has 0 saturated heterocycles. The fourth-order valence-corrected chi connectivity index (χ4v) is 9.15. The van der Waals surface area contributed by atoms with E-state index in [-0.39, 0.29) is 6.71 Å². The highest BCUT2D eigenvalue weighted by Gasteiger charge is 2.44. The minimum absolute atomic E-state index is 0.102. The number of rotatable bonds is 4. The maximum atomic E-state index is 10.8. The molecular weight excluding hydrogens is 691 g/mol. The van der Waals surface area contributed by atoms with Crippen molar-refractivity contribution >= 4 is 78.8 Å². The first-order valence-corrected chi connectivity index (χ1v) is 19.2. The predicted molar refractivity (Wildman–Crippen MR) is 236 cm³/mol. The molecule has 0 bridgehead atoms. The number of anilines is 6. The van der Waals surface area contributed by atoms with Gasteiger partial charge in [0.25, 0.3) is 6.71 Å². The van der Waals surface area contributed by atoms with Gasteiger partial charge >= 0.3 is 0 Å². The van der Waals surface area contributed by atoms with Crippen molar-refractivity contribution in [3.05, 3.63) is 199 Å². The summed E-state index contributed by atoms with van der Waals surface area (Å²) in [4.78, 5) is 4.76. The second-order valence-corrected chi connectivity index (χ2v) is 14.8. The van der Waals surface area contributed by atoms with Crippen LogP contribution in [0.15, 0.2) is 188 Å². The van der Waals surface area contributed by atoms with E-state index in [9.17, 15) is 10.5 Å². The summed E-state index contributed by atoms with van der Waals surface area (Å²) in [7, 11) is 0. The van der Waals surface area contributed by atoms with Gasteiger partial charge in [-0.25, -0.2) is 0 Å². The highest BCUT2D eigenvalue weighted by molar-refractivity contribution is 7.00. The van der Waals surface area contributed by atoms with Crippen LogP contribution < -0.4 is 26.2 Å². The third-order valence-electron chi connectivity index (χ3n) is 11.6. The molecule has 0 unspecified atom stereocenters. The van der Waals surface area contributed by atoms with Crippen LogP contribution in [-0.4, -0.2) is 6.71 Å². The van der Waals surface area contributed by atoms with Gasteiger partial charge in [0, 0.05) is 39.7 Å². The maximum Gasteiger partial charge on any atom is 0.252 e. The highest BCUT2D eigenvalue weighted by Crippen LogP contribution is 2.48. The average Bonchev–Trinajstić information content (AvgIpc) is 3.28. The number of hydrogen-bond donors (Lipinski definition) is 0. The molecule has 11 rings (SSSR count). The molecule has 0 atom stereocenters. The number of nitrogens with zero attached hydrogens (tertiary/aromatic N) is 4. The molecule has 4 nitrogen and oxygen atoms in total. The minimum atomic E-state index is -0.102. The smallest absolute Gasteiger partial charge is 0.252 e. The van der Waals surface area contributed by atoms with Crippen LogP contribution in [0.2, 0.25) is 0 Å². The minimum Gasteiger partial charge on any atom is -0.311 e. The van der Waals surface area contributed by atoms with Gasteiger partial charge in [-0.3, -0.25) is 0 Å². The van der Waals surface area contributed by atoms with E-state index in [0.29, 0.717) is 16.7 Å². The van der Waals surface area contributed by atoms with Gasteiger partial charge in [-0.05, 0) is 115 Å². The van der Waals surface area contributed by atoms with Crippen LogP contribution in [0.3, 0.4) is 0 Å². The Kier molecular flexibility index (Phi) is 7.36. The summed E-state index contributed by atoms with van der Waals surface area (Å²) in [5, 5.41) is 26.4. The van der Waals surface area contributed by atoms with E-state index in [0.717, 1.165) is 61.6 Å². The summed E-state index contributed by atoms with van der Waals surface area (Å²) in [5.41, 5.74) is 14.1. The molecule has 2 heterocycles. The number of fused-ring (bicyclic) bond motifs is 6. The first kappa shape index (κ1) is 32.6. The summed E-state index contributed by atoms with van der Waals surface area (Å²) in [5.74, 6) is 0. The van der Waals surface area contributed by atoms with Crippen molar-refractivity contribution in [2.45, 2.75) is 0 Å². The zero-order valence-corrected chi connectivity index (χ0v) is 30.8. The predicted octanol–water partition coefficient (Wildman–Crippen LogP) is 11.2. The Morgan fingerprint density at radius 3 is 1.21 bits per heavy atom. The molecule has 9 aromatic rings. The van der Waals surface area contributed by atoms with Crippen molar-refractivity contribution in [3.63, 3.8) is 0 Å². The second kappa shape index (κ2) is 12.9. The summed E-state index contributed by atoms with van der Waals surface area (Å²) in [6.07, 6.45) is 0. The lowest BCUT2D eigenvalue weighted by atomic mass is 9.33. The monoisotopic (exact) mass is 722 g/mol. The summed E-state index contributed by atoms with van der Waals surface area (Å²) < 4.78 is 0. The first-order valence-electron chi connectivity index (χ1n) is 19.2. The van der Waals surface area contributed by atoms with Crippen molar-refractivity contribution < 1.29 is 0 Å². The van der Waals surface area contributed by atoms with E-state index in [4.69, 9.17) is 0 Å².